The minimum Gasteiger partial charge on any atom is -0.375 e. The van der Waals surface area contributed by atoms with Crippen LogP contribution in [0.3, 0.4) is 0 Å². The molecule has 1 fully saturated rings. The molecule has 0 radical (unpaired) electrons. The number of imidazole rings is 1. The monoisotopic (exact) mass is 476 g/mol. The molecule has 180 valence electrons. The number of pyridine rings is 3. The molecule has 5 aromatic rings. The SMILES string of the molecule is C=C(C)N1CCC(c2ccc(Nc3nc(-c4ccc5nccn5c4)cc4cc[nH]c(=O)c34)cc2)CC1. The Labute approximate surface area is 209 Å². The van der Waals surface area contributed by atoms with Crippen molar-refractivity contribution >= 4 is 27.9 Å². The number of H-pyrrole nitrogens is 1. The number of nitrogens with one attached hydrogen (secondary N) is 2. The second kappa shape index (κ2) is 9.00. The highest BCUT2D eigenvalue weighted by Crippen LogP contribution is 2.32. The van der Waals surface area contributed by atoms with Crippen molar-refractivity contribution < 1.29 is 0 Å². The van der Waals surface area contributed by atoms with Gasteiger partial charge in [0.15, 0.2) is 0 Å². The first kappa shape index (κ1) is 22.1. The van der Waals surface area contributed by atoms with Crippen LogP contribution in [-0.4, -0.2) is 37.3 Å². The minimum atomic E-state index is -0.167. The Bertz CT molecular complexity index is 1620. The lowest BCUT2D eigenvalue weighted by Gasteiger charge is -2.34. The molecule has 0 unspecified atom stereocenters. The zero-order valence-corrected chi connectivity index (χ0v) is 20.2. The van der Waals surface area contributed by atoms with Gasteiger partial charge in [0.1, 0.15) is 11.5 Å². The van der Waals surface area contributed by atoms with Crippen molar-refractivity contribution in [1.82, 2.24) is 24.3 Å². The smallest absolute Gasteiger partial charge is 0.259 e. The van der Waals surface area contributed by atoms with E-state index in [-0.39, 0.29) is 5.56 Å². The number of anilines is 2. The lowest BCUT2D eigenvalue weighted by atomic mass is 9.89. The van der Waals surface area contributed by atoms with Crippen LogP contribution in [0.4, 0.5) is 11.5 Å². The third kappa shape index (κ3) is 4.13. The van der Waals surface area contributed by atoms with E-state index in [0.717, 1.165) is 59.6 Å². The van der Waals surface area contributed by atoms with Gasteiger partial charge in [0.05, 0.1) is 11.1 Å². The summed E-state index contributed by atoms with van der Waals surface area (Å²) in [5.74, 6) is 1.09. The van der Waals surface area contributed by atoms with Crippen molar-refractivity contribution in [1.29, 1.82) is 0 Å². The van der Waals surface area contributed by atoms with Gasteiger partial charge in [-0.15, -0.1) is 0 Å². The molecule has 7 nitrogen and oxygen atoms in total. The van der Waals surface area contributed by atoms with Gasteiger partial charge >= 0.3 is 0 Å². The van der Waals surface area contributed by atoms with Crippen molar-refractivity contribution in [2.24, 2.45) is 0 Å². The van der Waals surface area contributed by atoms with E-state index >= 15 is 0 Å². The maximum Gasteiger partial charge on any atom is 0.259 e. The summed E-state index contributed by atoms with van der Waals surface area (Å²) in [4.78, 5) is 27.1. The molecular weight excluding hydrogens is 448 g/mol. The van der Waals surface area contributed by atoms with Crippen LogP contribution in [0.5, 0.6) is 0 Å². The molecule has 36 heavy (non-hydrogen) atoms. The van der Waals surface area contributed by atoms with E-state index in [0.29, 0.717) is 17.1 Å². The first-order chi connectivity index (χ1) is 17.5. The van der Waals surface area contributed by atoms with Gasteiger partial charge in [-0.25, -0.2) is 9.97 Å². The number of allylic oxidation sites excluding steroid dienone is 1. The van der Waals surface area contributed by atoms with Crippen LogP contribution < -0.4 is 10.9 Å². The topological polar surface area (TPSA) is 78.3 Å². The zero-order valence-electron chi connectivity index (χ0n) is 20.2. The molecule has 1 saturated heterocycles. The molecule has 0 spiro atoms. The molecular formula is C29H28N6O. The molecule has 1 aliphatic heterocycles. The molecule has 1 aliphatic rings. The summed E-state index contributed by atoms with van der Waals surface area (Å²) in [5, 5.41) is 4.79. The maximum atomic E-state index is 12.8. The van der Waals surface area contributed by atoms with Crippen molar-refractivity contribution in [3.05, 3.63) is 102 Å². The molecule has 1 aromatic carbocycles. The zero-order chi connectivity index (χ0) is 24.6. The molecule has 0 amide bonds. The fourth-order valence-corrected chi connectivity index (χ4v) is 5.09. The fraction of sp³-hybridized carbons (Fsp3) is 0.207. The van der Waals surface area contributed by atoms with E-state index in [4.69, 9.17) is 4.98 Å². The summed E-state index contributed by atoms with van der Waals surface area (Å²) in [6, 6.07) is 16.4. The van der Waals surface area contributed by atoms with Crippen LogP contribution in [0.25, 0.3) is 27.7 Å². The molecule has 4 aromatic heterocycles. The van der Waals surface area contributed by atoms with E-state index in [9.17, 15) is 4.79 Å². The first-order valence-corrected chi connectivity index (χ1v) is 12.3. The molecule has 0 atom stereocenters. The second-order valence-electron chi connectivity index (χ2n) is 9.48. The summed E-state index contributed by atoms with van der Waals surface area (Å²) >= 11 is 0. The highest BCUT2D eigenvalue weighted by molar-refractivity contribution is 5.95. The second-order valence-corrected chi connectivity index (χ2v) is 9.48. The largest absolute Gasteiger partial charge is 0.375 e. The van der Waals surface area contributed by atoms with Crippen LogP contribution >= 0.6 is 0 Å². The van der Waals surface area contributed by atoms with Crippen molar-refractivity contribution in [3.8, 4) is 11.3 Å². The van der Waals surface area contributed by atoms with Crippen molar-refractivity contribution in [3.63, 3.8) is 0 Å². The van der Waals surface area contributed by atoms with Gasteiger partial charge < -0.3 is 19.6 Å². The Kier molecular flexibility index (Phi) is 5.52. The standard InChI is InChI=1S/C29H28N6O/c1-19(2)34-14-10-21(11-15-34)20-3-6-24(7-4-20)32-28-27-22(9-12-31-29(27)36)17-25(33-28)23-5-8-26-30-13-16-35(26)18-23/h3-9,12-13,16-18,21H,1,10-11,14-15H2,2H3,(H,31,36)(H,32,33). The Hall–Kier alpha value is -4.39. The van der Waals surface area contributed by atoms with Gasteiger partial charge in [0, 0.05) is 54.8 Å². The van der Waals surface area contributed by atoms with Crippen molar-refractivity contribution in [2.45, 2.75) is 25.7 Å². The number of fused-ring (bicyclic) bond motifs is 2. The van der Waals surface area contributed by atoms with Crippen LogP contribution in [0.1, 0.15) is 31.2 Å². The van der Waals surface area contributed by atoms with Crippen molar-refractivity contribution in [2.75, 3.05) is 18.4 Å². The number of benzene rings is 1. The number of likely N-dealkylation sites (tertiary alicyclic amines) is 1. The number of hydrogen-bond donors (Lipinski definition) is 2. The van der Waals surface area contributed by atoms with Gasteiger partial charge in [-0.1, -0.05) is 18.7 Å². The maximum absolute atomic E-state index is 12.8. The number of hydrogen-bond acceptors (Lipinski definition) is 5. The Morgan fingerprint density at radius 2 is 1.92 bits per heavy atom. The lowest BCUT2D eigenvalue weighted by molar-refractivity contribution is 0.264. The summed E-state index contributed by atoms with van der Waals surface area (Å²) < 4.78 is 1.96. The van der Waals surface area contributed by atoms with Crippen LogP contribution in [0, 0.1) is 0 Å². The number of rotatable bonds is 5. The predicted molar refractivity (Wildman–Crippen MR) is 145 cm³/mol. The van der Waals surface area contributed by atoms with Gasteiger partial charge in [-0.3, -0.25) is 4.79 Å². The Morgan fingerprint density at radius 1 is 1.11 bits per heavy atom. The first-order valence-electron chi connectivity index (χ1n) is 12.3. The molecule has 0 aliphatic carbocycles. The number of piperidine rings is 1. The average molecular weight is 477 g/mol. The van der Waals surface area contributed by atoms with Gasteiger partial charge in [-0.2, -0.15) is 0 Å². The third-order valence-corrected chi connectivity index (χ3v) is 7.12. The predicted octanol–water partition coefficient (Wildman–Crippen LogP) is 5.69. The lowest BCUT2D eigenvalue weighted by Crippen LogP contribution is -2.31. The number of nitrogens with zero attached hydrogens (tertiary/aromatic N) is 4. The number of aromatic nitrogens is 4. The quantitative estimate of drug-likeness (QED) is 0.341. The van der Waals surface area contributed by atoms with Crippen LogP contribution in [0.15, 0.2) is 90.4 Å². The molecule has 2 N–H and O–H groups in total. The molecule has 6 rings (SSSR count). The minimum absolute atomic E-state index is 0.167. The van der Waals surface area contributed by atoms with E-state index in [1.165, 1.54) is 5.56 Å². The van der Waals surface area contributed by atoms with Gasteiger partial charge in [-0.05, 0) is 73.0 Å². The molecule has 0 bridgehead atoms. The van der Waals surface area contributed by atoms with Gasteiger partial charge in [0.25, 0.3) is 5.56 Å². The van der Waals surface area contributed by atoms with E-state index in [1.54, 1.807) is 12.4 Å². The van der Waals surface area contributed by atoms with Gasteiger partial charge in [0.2, 0.25) is 0 Å². The third-order valence-electron chi connectivity index (χ3n) is 7.12. The summed E-state index contributed by atoms with van der Waals surface area (Å²) in [5.41, 5.74) is 5.83. The molecule has 0 saturated carbocycles. The van der Waals surface area contributed by atoms with Crippen LogP contribution in [-0.2, 0) is 0 Å². The normalized spacial score (nSPS) is 14.4. The fourth-order valence-electron chi connectivity index (χ4n) is 5.09. The number of aromatic amines is 1. The van der Waals surface area contributed by atoms with Crippen LogP contribution in [0.2, 0.25) is 0 Å². The Balaban J connectivity index is 1.31. The highest BCUT2D eigenvalue weighted by Gasteiger charge is 2.20. The molecule has 7 heteroatoms. The molecule has 5 heterocycles. The average Bonchev–Trinajstić information content (AvgIpc) is 3.37. The highest BCUT2D eigenvalue weighted by atomic mass is 16.1. The van der Waals surface area contributed by atoms with E-state index in [1.807, 2.05) is 41.1 Å². The summed E-state index contributed by atoms with van der Waals surface area (Å²) in [6.45, 7) is 8.26. The Morgan fingerprint density at radius 3 is 2.69 bits per heavy atom. The van der Waals surface area contributed by atoms with E-state index < -0.39 is 0 Å². The van der Waals surface area contributed by atoms with E-state index in [2.05, 4.69) is 58.0 Å². The summed E-state index contributed by atoms with van der Waals surface area (Å²) in [6.07, 6.45) is 9.61. The summed E-state index contributed by atoms with van der Waals surface area (Å²) in [7, 11) is 0.